The Hall–Kier alpha value is -2.95. The summed E-state index contributed by atoms with van der Waals surface area (Å²) in [5, 5.41) is 7.08. The highest BCUT2D eigenvalue weighted by atomic mass is 16.5. The Morgan fingerprint density at radius 3 is 2.46 bits per heavy atom. The molecule has 5 nitrogen and oxygen atoms in total. The topological polar surface area (TPSA) is 68.0 Å². The molecule has 5 heteroatoms. The fourth-order valence-electron chi connectivity index (χ4n) is 2.83. The summed E-state index contributed by atoms with van der Waals surface area (Å²) in [4.78, 5) is 16.9. The van der Waals surface area contributed by atoms with Crippen molar-refractivity contribution in [3.05, 3.63) is 54.1 Å². The van der Waals surface area contributed by atoms with E-state index in [-0.39, 0.29) is 11.8 Å². The Labute approximate surface area is 153 Å². The van der Waals surface area contributed by atoms with Crippen LogP contribution in [0.4, 0.5) is 5.69 Å². The molecule has 0 aliphatic carbocycles. The van der Waals surface area contributed by atoms with Crippen molar-refractivity contribution in [2.45, 2.75) is 33.6 Å². The van der Waals surface area contributed by atoms with Gasteiger partial charge in [-0.3, -0.25) is 4.79 Å². The zero-order chi connectivity index (χ0) is 18.5. The molecule has 1 aromatic heterocycles. The third kappa shape index (κ3) is 3.82. The van der Waals surface area contributed by atoms with Crippen LogP contribution in [0.15, 0.2) is 53.1 Å². The van der Waals surface area contributed by atoms with Gasteiger partial charge in [-0.15, -0.1) is 0 Å². The van der Waals surface area contributed by atoms with Crippen molar-refractivity contribution >= 4 is 11.6 Å². The lowest BCUT2D eigenvalue weighted by Gasteiger charge is -2.14. The number of para-hydroxylation sites is 1. The number of hydrogen-bond donors (Lipinski definition) is 1. The Balaban J connectivity index is 1.88. The first-order chi connectivity index (χ1) is 12.6. The van der Waals surface area contributed by atoms with Gasteiger partial charge in [-0.05, 0) is 31.9 Å². The van der Waals surface area contributed by atoms with Gasteiger partial charge in [-0.2, -0.15) is 4.98 Å². The standard InChI is InChI=1S/C21H23N3O2/c1-4-15(5-2)20(25)22-18-9-7-6-8-17(18)21-23-19(24-26-21)16-12-10-14(3)11-13-16/h6-13,15H,4-5H2,1-3H3,(H,22,25). The summed E-state index contributed by atoms with van der Waals surface area (Å²) < 4.78 is 5.46. The first-order valence-corrected chi connectivity index (χ1v) is 8.93. The van der Waals surface area contributed by atoms with E-state index in [0.717, 1.165) is 24.0 Å². The van der Waals surface area contributed by atoms with Gasteiger partial charge in [-0.25, -0.2) is 0 Å². The molecule has 1 amide bonds. The van der Waals surface area contributed by atoms with Crippen molar-refractivity contribution < 1.29 is 9.32 Å². The minimum Gasteiger partial charge on any atom is -0.334 e. The molecule has 0 unspecified atom stereocenters. The molecular formula is C21H23N3O2. The highest BCUT2D eigenvalue weighted by Gasteiger charge is 2.18. The average molecular weight is 349 g/mol. The Morgan fingerprint density at radius 1 is 1.08 bits per heavy atom. The summed E-state index contributed by atoms with van der Waals surface area (Å²) in [5.41, 5.74) is 3.47. The zero-order valence-electron chi connectivity index (χ0n) is 15.3. The summed E-state index contributed by atoms with van der Waals surface area (Å²) in [6.07, 6.45) is 1.62. The highest BCUT2D eigenvalue weighted by molar-refractivity contribution is 5.96. The van der Waals surface area contributed by atoms with Crippen LogP contribution < -0.4 is 5.32 Å². The number of nitrogens with zero attached hydrogens (tertiary/aromatic N) is 2. The Bertz CT molecular complexity index is 880. The summed E-state index contributed by atoms with van der Waals surface area (Å²) in [7, 11) is 0. The van der Waals surface area contributed by atoms with E-state index in [1.165, 1.54) is 5.56 Å². The maximum atomic E-state index is 12.4. The maximum absolute atomic E-state index is 12.4. The van der Waals surface area contributed by atoms with E-state index in [0.29, 0.717) is 17.4 Å². The minimum absolute atomic E-state index is 0.00568. The van der Waals surface area contributed by atoms with E-state index in [2.05, 4.69) is 15.5 Å². The number of carbonyl (C=O) groups is 1. The second-order valence-electron chi connectivity index (χ2n) is 6.34. The van der Waals surface area contributed by atoms with Crippen molar-refractivity contribution in [1.29, 1.82) is 0 Å². The third-order valence-electron chi connectivity index (χ3n) is 4.51. The number of hydrogen-bond acceptors (Lipinski definition) is 4. The van der Waals surface area contributed by atoms with Crippen LogP contribution in [0, 0.1) is 12.8 Å². The predicted octanol–water partition coefficient (Wildman–Crippen LogP) is 5.09. The van der Waals surface area contributed by atoms with Gasteiger partial charge >= 0.3 is 0 Å². The van der Waals surface area contributed by atoms with Gasteiger partial charge in [0.15, 0.2) is 0 Å². The molecule has 134 valence electrons. The lowest BCUT2D eigenvalue weighted by molar-refractivity contribution is -0.120. The molecule has 2 aromatic carbocycles. The quantitative estimate of drug-likeness (QED) is 0.673. The molecule has 0 saturated carbocycles. The van der Waals surface area contributed by atoms with Crippen molar-refractivity contribution in [1.82, 2.24) is 10.1 Å². The van der Waals surface area contributed by atoms with Crippen LogP contribution in [-0.2, 0) is 4.79 Å². The number of nitrogens with one attached hydrogen (secondary N) is 1. The molecule has 26 heavy (non-hydrogen) atoms. The van der Waals surface area contributed by atoms with Crippen LogP contribution in [-0.4, -0.2) is 16.0 Å². The molecular weight excluding hydrogens is 326 g/mol. The van der Waals surface area contributed by atoms with Gasteiger partial charge < -0.3 is 9.84 Å². The molecule has 3 aromatic rings. The number of aromatic nitrogens is 2. The molecule has 0 atom stereocenters. The van der Waals surface area contributed by atoms with E-state index in [9.17, 15) is 4.79 Å². The number of amides is 1. The third-order valence-corrected chi connectivity index (χ3v) is 4.51. The zero-order valence-corrected chi connectivity index (χ0v) is 15.3. The van der Waals surface area contributed by atoms with E-state index >= 15 is 0 Å². The number of benzene rings is 2. The van der Waals surface area contributed by atoms with Crippen LogP contribution in [0.2, 0.25) is 0 Å². The summed E-state index contributed by atoms with van der Waals surface area (Å²) in [6.45, 7) is 6.07. The first-order valence-electron chi connectivity index (χ1n) is 8.93. The first kappa shape index (κ1) is 17.9. The van der Waals surface area contributed by atoms with Gasteiger partial charge in [0.25, 0.3) is 5.89 Å². The average Bonchev–Trinajstić information content (AvgIpc) is 3.14. The molecule has 0 aliphatic rings. The van der Waals surface area contributed by atoms with Crippen LogP contribution in [0.3, 0.4) is 0 Å². The molecule has 0 aliphatic heterocycles. The summed E-state index contributed by atoms with van der Waals surface area (Å²) in [5.74, 6) is 0.928. The second-order valence-corrected chi connectivity index (χ2v) is 6.34. The monoisotopic (exact) mass is 349 g/mol. The molecule has 0 radical (unpaired) electrons. The molecule has 3 rings (SSSR count). The van der Waals surface area contributed by atoms with E-state index in [1.54, 1.807) is 0 Å². The normalized spacial score (nSPS) is 10.9. The number of carbonyl (C=O) groups excluding carboxylic acids is 1. The van der Waals surface area contributed by atoms with Crippen molar-refractivity contribution in [2.24, 2.45) is 5.92 Å². The van der Waals surface area contributed by atoms with Gasteiger partial charge in [0, 0.05) is 11.5 Å². The lowest BCUT2D eigenvalue weighted by atomic mass is 10.0. The van der Waals surface area contributed by atoms with Crippen LogP contribution >= 0.6 is 0 Å². The van der Waals surface area contributed by atoms with Gasteiger partial charge in [0.2, 0.25) is 11.7 Å². The van der Waals surface area contributed by atoms with E-state index < -0.39 is 0 Å². The van der Waals surface area contributed by atoms with E-state index in [4.69, 9.17) is 4.52 Å². The van der Waals surface area contributed by atoms with E-state index in [1.807, 2.05) is 69.3 Å². The fraction of sp³-hybridized carbons (Fsp3) is 0.286. The summed E-state index contributed by atoms with van der Waals surface area (Å²) >= 11 is 0. The van der Waals surface area contributed by atoms with Gasteiger partial charge in [0.1, 0.15) is 0 Å². The SMILES string of the molecule is CCC(CC)C(=O)Nc1ccccc1-c1nc(-c2ccc(C)cc2)no1. The fourth-order valence-corrected chi connectivity index (χ4v) is 2.83. The minimum atomic E-state index is -0.00568. The van der Waals surface area contributed by atoms with Crippen LogP contribution in [0.1, 0.15) is 32.3 Å². The van der Waals surface area contributed by atoms with Crippen molar-refractivity contribution in [3.8, 4) is 22.8 Å². The Kier molecular flexibility index (Phi) is 5.46. The van der Waals surface area contributed by atoms with Gasteiger partial charge in [0.05, 0.1) is 11.3 Å². The molecule has 0 bridgehead atoms. The molecule has 0 fully saturated rings. The highest BCUT2D eigenvalue weighted by Crippen LogP contribution is 2.29. The number of aryl methyl sites for hydroxylation is 1. The molecule has 1 N–H and O–H groups in total. The van der Waals surface area contributed by atoms with Crippen molar-refractivity contribution in [2.75, 3.05) is 5.32 Å². The largest absolute Gasteiger partial charge is 0.334 e. The molecule has 0 spiro atoms. The smallest absolute Gasteiger partial charge is 0.260 e. The number of rotatable bonds is 6. The van der Waals surface area contributed by atoms with Crippen LogP contribution in [0.5, 0.6) is 0 Å². The second kappa shape index (κ2) is 7.95. The number of anilines is 1. The molecule has 1 heterocycles. The maximum Gasteiger partial charge on any atom is 0.260 e. The lowest BCUT2D eigenvalue weighted by Crippen LogP contribution is -2.21. The predicted molar refractivity (Wildman–Crippen MR) is 103 cm³/mol. The van der Waals surface area contributed by atoms with Crippen LogP contribution in [0.25, 0.3) is 22.8 Å². The van der Waals surface area contributed by atoms with Crippen molar-refractivity contribution in [3.63, 3.8) is 0 Å². The molecule has 0 saturated heterocycles. The Morgan fingerprint density at radius 2 is 1.77 bits per heavy atom. The summed E-state index contributed by atoms with van der Waals surface area (Å²) in [6, 6.07) is 15.4. The van der Waals surface area contributed by atoms with Gasteiger partial charge in [-0.1, -0.05) is 61.0 Å².